The van der Waals surface area contributed by atoms with Gasteiger partial charge in [0, 0.05) is 11.8 Å². The quantitative estimate of drug-likeness (QED) is 0.583. The minimum absolute atomic E-state index is 0.284. The molecule has 0 saturated carbocycles. The van der Waals surface area contributed by atoms with Crippen LogP contribution >= 0.6 is 0 Å². The molecule has 3 aliphatic rings. The summed E-state index contributed by atoms with van der Waals surface area (Å²) in [5.74, 6) is -1.47. The standard InChI is InChI=1S/C22H26O4/c1-21(2,3)25-19(23)17-15-11-12-16(14-10-8-7-9-13(14)15)18(17)20(24)26-22(4,5)6/h7-12,15-16H,1-6H3/t15-,16+. The van der Waals surface area contributed by atoms with E-state index in [2.05, 4.69) is 0 Å². The van der Waals surface area contributed by atoms with Gasteiger partial charge in [0.1, 0.15) is 11.2 Å². The largest absolute Gasteiger partial charge is 0.457 e. The van der Waals surface area contributed by atoms with Gasteiger partial charge < -0.3 is 9.47 Å². The molecule has 4 nitrogen and oxygen atoms in total. The van der Waals surface area contributed by atoms with Crippen LogP contribution < -0.4 is 0 Å². The van der Waals surface area contributed by atoms with E-state index in [9.17, 15) is 9.59 Å². The second kappa shape index (κ2) is 6.11. The van der Waals surface area contributed by atoms with Crippen molar-refractivity contribution >= 4 is 11.9 Å². The number of benzene rings is 1. The van der Waals surface area contributed by atoms with Crippen molar-refractivity contribution in [2.24, 2.45) is 0 Å². The van der Waals surface area contributed by atoms with Crippen molar-refractivity contribution in [3.05, 3.63) is 58.7 Å². The molecule has 4 heteroatoms. The maximum absolute atomic E-state index is 13.0. The van der Waals surface area contributed by atoms with Crippen LogP contribution in [0.15, 0.2) is 47.6 Å². The van der Waals surface area contributed by atoms with Crippen molar-refractivity contribution < 1.29 is 19.1 Å². The maximum atomic E-state index is 13.0. The second-order valence-electron chi connectivity index (χ2n) is 8.80. The van der Waals surface area contributed by atoms with Gasteiger partial charge in [-0.2, -0.15) is 0 Å². The van der Waals surface area contributed by atoms with E-state index < -0.39 is 23.1 Å². The molecule has 0 radical (unpaired) electrons. The molecule has 2 atom stereocenters. The molecule has 0 spiro atoms. The van der Waals surface area contributed by atoms with E-state index in [1.807, 2.05) is 78.0 Å². The molecule has 0 unspecified atom stereocenters. The lowest BCUT2D eigenvalue weighted by Crippen LogP contribution is -2.35. The molecule has 3 aliphatic carbocycles. The van der Waals surface area contributed by atoms with Gasteiger partial charge >= 0.3 is 11.9 Å². The van der Waals surface area contributed by atoms with E-state index in [4.69, 9.17) is 9.47 Å². The van der Waals surface area contributed by atoms with E-state index in [0.717, 1.165) is 11.1 Å². The first kappa shape index (κ1) is 18.4. The van der Waals surface area contributed by atoms with E-state index in [1.54, 1.807) is 0 Å². The van der Waals surface area contributed by atoms with Gasteiger partial charge in [0.25, 0.3) is 0 Å². The average molecular weight is 354 g/mol. The summed E-state index contributed by atoms with van der Waals surface area (Å²) in [6.45, 7) is 10.9. The third kappa shape index (κ3) is 3.46. The summed E-state index contributed by atoms with van der Waals surface area (Å²) < 4.78 is 11.2. The highest BCUT2D eigenvalue weighted by Crippen LogP contribution is 2.49. The van der Waals surface area contributed by atoms with Gasteiger partial charge in [0.05, 0.1) is 11.1 Å². The average Bonchev–Trinajstić information content (AvgIpc) is 2.51. The molecule has 0 amide bonds. The normalized spacial score (nSPS) is 21.5. The van der Waals surface area contributed by atoms with Crippen molar-refractivity contribution in [2.75, 3.05) is 0 Å². The Balaban J connectivity index is 2.11. The van der Waals surface area contributed by atoms with Crippen LogP contribution in [0, 0.1) is 0 Å². The molecule has 1 aromatic carbocycles. The lowest BCUT2D eigenvalue weighted by atomic mass is 9.67. The Morgan fingerprint density at radius 1 is 0.731 bits per heavy atom. The van der Waals surface area contributed by atoms with Crippen LogP contribution in [-0.2, 0) is 19.1 Å². The minimum atomic E-state index is -0.636. The Morgan fingerprint density at radius 3 is 1.38 bits per heavy atom. The summed E-state index contributed by atoms with van der Waals surface area (Å²) in [5.41, 5.74) is 1.63. The predicted molar refractivity (Wildman–Crippen MR) is 99.8 cm³/mol. The number of ether oxygens (including phenoxy) is 2. The van der Waals surface area contributed by atoms with Gasteiger partial charge in [-0.05, 0) is 52.7 Å². The Bertz CT molecular complexity index is 748. The molecule has 0 N–H and O–H groups in total. The smallest absolute Gasteiger partial charge is 0.336 e. The van der Waals surface area contributed by atoms with Crippen molar-refractivity contribution in [1.82, 2.24) is 0 Å². The number of carbonyl (C=O) groups excluding carboxylic acids is 2. The molecule has 0 aromatic heterocycles. The highest BCUT2D eigenvalue weighted by Gasteiger charge is 2.44. The molecule has 0 heterocycles. The fourth-order valence-corrected chi connectivity index (χ4v) is 3.49. The van der Waals surface area contributed by atoms with Gasteiger partial charge in [-0.15, -0.1) is 0 Å². The molecule has 4 rings (SSSR count). The highest BCUT2D eigenvalue weighted by atomic mass is 16.6. The molecule has 0 saturated heterocycles. The van der Waals surface area contributed by atoms with Crippen LogP contribution in [0.5, 0.6) is 0 Å². The minimum Gasteiger partial charge on any atom is -0.457 e. The van der Waals surface area contributed by atoms with E-state index in [1.165, 1.54) is 0 Å². The third-order valence-electron chi connectivity index (χ3n) is 4.31. The molecule has 1 aromatic rings. The Morgan fingerprint density at radius 2 is 1.08 bits per heavy atom. The van der Waals surface area contributed by atoms with Gasteiger partial charge in [0.15, 0.2) is 0 Å². The molecule has 0 fully saturated rings. The fraction of sp³-hybridized carbons (Fsp3) is 0.455. The topological polar surface area (TPSA) is 52.6 Å². The van der Waals surface area contributed by atoms with Crippen molar-refractivity contribution in [2.45, 2.75) is 64.6 Å². The molecule has 138 valence electrons. The first-order chi connectivity index (χ1) is 12.0. The zero-order valence-corrected chi connectivity index (χ0v) is 16.3. The van der Waals surface area contributed by atoms with Gasteiger partial charge in [-0.25, -0.2) is 9.59 Å². The molecule has 2 bridgehead atoms. The van der Waals surface area contributed by atoms with Gasteiger partial charge in [-0.3, -0.25) is 0 Å². The Hall–Kier alpha value is -2.36. The van der Waals surface area contributed by atoms with Crippen LogP contribution in [0.4, 0.5) is 0 Å². The predicted octanol–water partition coefficient (Wildman–Crippen LogP) is 4.42. The van der Waals surface area contributed by atoms with Crippen LogP contribution in [0.2, 0.25) is 0 Å². The lowest BCUT2D eigenvalue weighted by molar-refractivity contribution is -0.154. The zero-order chi connectivity index (χ0) is 19.3. The summed E-state index contributed by atoms with van der Waals surface area (Å²) in [7, 11) is 0. The Labute approximate surface area is 154 Å². The monoisotopic (exact) mass is 354 g/mol. The van der Waals surface area contributed by atoms with E-state index >= 15 is 0 Å². The first-order valence-corrected chi connectivity index (χ1v) is 8.96. The number of esters is 2. The zero-order valence-electron chi connectivity index (χ0n) is 16.3. The summed E-state index contributed by atoms with van der Waals surface area (Å²) in [4.78, 5) is 25.9. The maximum Gasteiger partial charge on any atom is 0.336 e. The number of hydrogen-bond acceptors (Lipinski definition) is 4. The summed E-state index contributed by atoms with van der Waals surface area (Å²) >= 11 is 0. The SMILES string of the molecule is CC(C)(C)OC(=O)C1=C(C(=O)OC(C)(C)C)[C@@H]2C=C[C@H]1c1ccccc12. The van der Waals surface area contributed by atoms with Crippen LogP contribution in [0.1, 0.15) is 64.5 Å². The highest BCUT2D eigenvalue weighted by molar-refractivity contribution is 6.05. The van der Waals surface area contributed by atoms with Crippen LogP contribution in [0.3, 0.4) is 0 Å². The first-order valence-electron chi connectivity index (χ1n) is 8.96. The summed E-state index contributed by atoms with van der Waals surface area (Å²) in [6.07, 6.45) is 3.97. The van der Waals surface area contributed by atoms with Crippen molar-refractivity contribution in [1.29, 1.82) is 0 Å². The van der Waals surface area contributed by atoms with Gasteiger partial charge in [0.2, 0.25) is 0 Å². The molecular weight excluding hydrogens is 328 g/mol. The molecular formula is C22H26O4. The van der Waals surface area contributed by atoms with Crippen molar-refractivity contribution in [3.8, 4) is 0 Å². The second-order valence-corrected chi connectivity index (χ2v) is 8.80. The lowest BCUT2D eigenvalue weighted by Gasteiger charge is -2.37. The molecule has 26 heavy (non-hydrogen) atoms. The van der Waals surface area contributed by atoms with Gasteiger partial charge in [-0.1, -0.05) is 36.4 Å². The number of allylic oxidation sites excluding steroid dienone is 2. The van der Waals surface area contributed by atoms with Crippen LogP contribution in [-0.4, -0.2) is 23.1 Å². The molecule has 0 aliphatic heterocycles. The summed E-state index contributed by atoms with van der Waals surface area (Å²) in [5, 5.41) is 0. The number of hydrogen-bond donors (Lipinski definition) is 0. The summed E-state index contributed by atoms with van der Waals surface area (Å²) in [6, 6.07) is 7.92. The van der Waals surface area contributed by atoms with E-state index in [-0.39, 0.29) is 11.8 Å². The van der Waals surface area contributed by atoms with Crippen LogP contribution in [0.25, 0.3) is 0 Å². The third-order valence-corrected chi connectivity index (χ3v) is 4.31. The van der Waals surface area contributed by atoms with Crippen molar-refractivity contribution in [3.63, 3.8) is 0 Å². The fourth-order valence-electron chi connectivity index (χ4n) is 3.49. The van der Waals surface area contributed by atoms with E-state index in [0.29, 0.717) is 11.1 Å². The number of carbonyl (C=O) groups is 2. The Kier molecular flexibility index (Phi) is 4.33. The number of rotatable bonds is 2.